The van der Waals surface area contributed by atoms with Gasteiger partial charge in [-0.3, -0.25) is 4.99 Å². The lowest BCUT2D eigenvalue weighted by Gasteiger charge is -2.13. The van der Waals surface area contributed by atoms with Crippen LogP contribution in [0.25, 0.3) is 0 Å². The van der Waals surface area contributed by atoms with Gasteiger partial charge < -0.3 is 20.5 Å². The van der Waals surface area contributed by atoms with E-state index < -0.39 is 0 Å². The first-order valence-corrected chi connectivity index (χ1v) is 7.97. The number of aliphatic imine (C=N–C) groups is 1. The third-order valence-electron chi connectivity index (χ3n) is 3.17. The summed E-state index contributed by atoms with van der Waals surface area (Å²) >= 11 is 0. The van der Waals surface area contributed by atoms with Gasteiger partial charge in [-0.15, -0.1) is 24.0 Å². The highest BCUT2D eigenvalue weighted by Gasteiger charge is 2.03. The van der Waals surface area contributed by atoms with Gasteiger partial charge in [0.15, 0.2) is 5.96 Å². The van der Waals surface area contributed by atoms with Crippen LogP contribution in [0.3, 0.4) is 0 Å². The number of nitrogens with zero attached hydrogens (tertiary/aromatic N) is 1. The highest BCUT2D eigenvalue weighted by atomic mass is 127. The second-order valence-electron chi connectivity index (χ2n) is 5.76. The number of halogens is 2. The van der Waals surface area contributed by atoms with Gasteiger partial charge in [0.05, 0.1) is 6.61 Å². The second kappa shape index (κ2) is 13.4. The molecule has 0 aliphatic carbocycles. The van der Waals surface area contributed by atoms with Crippen molar-refractivity contribution in [1.82, 2.24) is 10.6 Å². The molecular weight excluding hydrogens is 424 g/mol. The lowest BCUT2D eigenvalue weighted by atomic mass is 10.1. The van der Waals surface area contributed by atoms with E-state index in [2.05, 4.69) is 29.5 Å². The molecule has 0 aromatic heterocycles. The Labute approximate surface area is 161 Å². The molecule has 138 valence electrons. The van der Waals surface area contributed by atoms with Gasteiger partial charge in [-0.2, -0.15) is 0 Å². The van der Waals surface area contributed by atoms with Crippen molar-refractivity contribution in [2.45, 2.75) is 33.4 Å². The number of rotatable bonds is 9. The maximum atomic E-state index is 13.3. The molecule has 24 heavy (non-hydrogen) atoms. The highest BCUT2D eigenvalue weighted by Crippen LogP contribution is 2.10. The number of aliphatic hydroxyl groups is 1. The fourth-order valence-electron chi connectivity index (χ4n) is 1.97. The van der Waals surface area contributed by atoms with Crippen LogP contribution in [-0.4, -0.2) is 37.9 Å². The van der Waals surface area contributed by atoms with Gasteiger partial charge in [-0.1, -0.05) is 19.9 Å². The van der Waals surface area contributed by atoms with Crippen LogP contribution in [0.1, 0.15) is 31.4 Å². The molecule has 0 atom stereocenters. The number of ether oxygens (including phenoxy) is 1. The van der Waals surface area contributed by atoms with Crippen molar-refractivity contribution >= 4 is 29.9 Å². The minimum atomic E-state index is -0.389. The van der Waals surface area contributed by atoms with Crippen molar-refractivity contribution in [3.05, 3.63) is 35.1 Å². The normalized spacial score (nSPS) is 11.3. The molecule has 0 amide bonds. The summed E-state index contributed by atoms with van der Waals surface area (Å²) in [6, 6.07) is 4.70. The standard InChI is InChI=1S/C17H28FN3O2.HI/c1-13(2)12-23-8-4-7-20-17(19-3)21-10-14-5-6-16(18)15(9-14)11-22;/h5-6,9,13,22H,4,7-8,10-12H2,1-3H3,(H2,19,20,21);1H. The molecule has 0 spiro atoms. The molecule has 0 aliphatic heterocycles. The van der Waals surface area contributed by atoms with E-state index in [9.17, 15) is 4.39 Å². The van der Waals surface area contributed by atoms with E-state index in [1.54, 1.807) is 19.2 Å². The predicted octanol–water partition coefficient (Wildman–Crippen LogP) is 2.66. The molecule has 1 aromatic rings. The van der Waals surface area contributed by atoms with Crippen LogP contribution in [0, 0.1) is 11.7 Å². The summed E-state index contributed by atoms with van der Waals surface area (Å²) in [5.41, 5.74) is 1.19. The van der Waals surface area contributed by atoms with Gasteiger partial charge in [0.1, 0.15) is 5.82 Å². The summed E-state index contributed by atoms with van der Waals surface area (Å²) < 4.78 is 18.8. The number of benzene rings is 1. The van der Waals surface area contributed by atoms with Crippen LogP contribution in [-0.2, 0) is 17.9 Å². The number of aliphatic hydroxyl groups excluding tert-OH is 1. The predicted molar refractivity (Wildman–Crippen MR) is 106 cm³/mol. The van der Waals surface area contributed by atoms with Gasteiger partial charge in [0.25, 0.3) is 0 Å². The Hall–Kier alpha value is -0.930. The van der Waals surface area contributed by atoms with Gasteiger partial charge in [0, 0.05) is 38.9 Å². The Morgan fingerprint density at radius 3 is 2.71 bits per heavy atom. The van der Waals surface area contributed by atoms with Gasteiger partial charge >= 0.3 is 0 Å². The molecule has 0 saturated heterocycles. The maximum Gasteiger partial charge on any atom is 0.191 e. The number of hydrogen-bond acceptors (Lipinski definition) is 3. The summed E-state index contributed by atoms with van der Waals surface area (Å²) in [5, 5.41) is 15.4. The minimum Gasteiger partial charge on any atom is -0.392 e. The molecule has 5 nitrogen and oxygen atoms in total. The Morgan fingerprint density at radius 2 is 2.08 bits per heavy atom. The molecule has 1 rings (SSSR count). The molecular formula is C17H29FIN3O2. The lowest BCUT2D eigenvalue weighted by Crippen LogP contribution is -2.37. The SMILES string of the molecule is CN=C(NCCCOCC(C)C)NCc1ccc(F)c(CO)c1.I. The monoisotopic (exact) mass is 453 g/mol. The van der Waals surface area contributed by atoms with Crippen LogP contribution in [0.2, 0.25) is 0 Å². The summed E-state index contributed by atoms with van der Waals surface area (Å²) in [7, 11) is 1.70. The number of hydrogen-bond donors (Lipinski definition) is 3. The van der Waals surface area contributed by atoms with E-state index in [1.807, 2.05) is 0 Å². The average molecular weight is 453 g/mol. The topological polar surface area (TPSA) is 65.9 Å². The van der Waals surface area contributed by atoms with Gasteiger partial charge in [-0.25, -0.2) is 4.39 Å². The van der Waals surface area contributed by atoms with Crippen molar-refractivity contribution in [2.24, 2.45) is 10.9 Å². The highest BCUT2D eigenvalue weighted by molar-refractivity contribution is 14.0. The third-order valence-corrected chi connectivity index (χ3v) is 3.17. The zero-order valence-electron chi connectivity index (χ0n) is 14.6. The number of guanidine groups is 1. The van der Waals surface area contributed by atoms with Crippen molar-refractivity contribution in [3.8, 4) is 0 Å². The maximum absolute atomic E-state index is 13.3. The molecule has 0 fully saturated rings. The van der Waals surface area contributed by atoms with Gasteiger partial charge in [0.2, 0.25) is 0 Å². The summed E-state index contributed by atoms with van der Waals surface area (Å²) in [4.78, 5) is 4.14. The molecule has 0 radical (unpaired) electrons. The van der Waals surface area contributed by atoms with E-state index in [4.69, 9.17) is 9.84 Å². The van der Waals surface area contributed by atoms with Crippen LogP contribution >= 0.6 is 24.0 Å². The first-order valence-electron chi connectivity index (χ1n) is 7.97. The van der Waals surface area contributed by atoms with Crippen molar-refractivity contribution in [1.29, 1.82) is 0 Å². The van der Waals surface area contributed by atoms with E-state index >= 15 is 0 Å². The third kappa shape index (κ3) is 9.39. The van der Waals surface area contributed by atoms with E-state index in [-0.39, 0.29) is 36.4 Å². The summed E-state index contributed by atoms with van der Waals surface area (Å²) in [6.07, 6.45) is 0.901. The second-order valence-corrected chi connectivity index (χ2v) is 5.76. The Kier molecular flexibility index (Phi) is 12.9. The quantitative estimate of drug-likeness (QED) is 0.233. The molecule has 7 heteroatoms. The lowest BCUT2D eigenvalue weighted by molar-refractivity contribution is 0.108. The van der Waals surface area contributed by atoms with Gasteiger partial charge in [-0.05, 0) is 30.0 Å². The van der Waals surface area contributed by atoms with Crippen LogP contribution < -0.4 is 10.6 Å². The first-order chi connectivity index (χ1) is 11.1. The van der Waals surface area contributed by atoms with Crippen LogP contribution in [0.5, 0.6) is 0 Å². The van der Waals surface area contributed by atoms with Crippen molar-refractivity contribution in [3.63, 3.8) is 0 Å². The Balaban J connectivity index is 0.00000529. The molecule has 0 aliphatic rings. The van der Waals surface area contributed by atoms with Crippen LogP contribution in [0.4, 0.5) is 4.39 Å². The zero-order valence-corrected chi connectivity index (χ0v) is 17.0. The Morgan fingerprint density at radius 1 is 1.33 bits per heavy atom. The average Bonchev–Trinajstić information content (AvgIpc) is 2.54. The molecule has 0 unspecified atom stereocenters. The minimum absolute atomic E-state index is 0. The molecule has 1 aromatic carbocycles. The van der Waals surface area contributed by atoms with Crippen molar-refractivity contribution < 1.29 is 14.2 Å². The van der Waals surface area contributed by atoms with E-state index in [0.717, 1.165) is 31.7 Å². The smallest absolute Gasteiger partial charge is 0.191 e. The first kappa shape index (κ1) is 23.1. The summed E-state index contributed by atoms with van der Waals surface area (Å²) in [5.74, 6) is 0.848. The van der Waals surface area contributed by atoms with E-state index in [1.165, 1.54) is 6.07 Å². The van der Waals surface area contributed by atoms with Crippen LogP contribution in [0.15, 0.2) is 23.2 Å². The molecule has 0 bridgehead atoms. The van der Waals surface area contributed by atoms with E-state index in [0.29, 0.717) is 24.0 Å². The fraction of sp³-hybridized carbons (Fsp3) is 0.588. The molecule has 3 N–H and O–H groups in total. The van der Waals surface area contributed by atoms with Crippen molar-refractivity contribution in [2.75, 3.05) is 26.8 Å². The Bertz CT molecular complexity index is 499. The largest absolute Gasteiger partial charge is 0.392 e. The molecule has 0 saturated carbocycles. The molecule has 0 heterocycles. The summed E-state index contributed by atoms with van der Waals surface area (Å²) in [6.45, 7) is 6.73. The number of nitrogens with one attached hydrogen (secondary N) is 2. The fourth-order valence-corrected chi connectivity index (χ4v) is 1.97. The zero-order chi connectivity index (χ0) is 17.1.